The number of hydrogen-bond donors (Lipinski definition) is 1. The molecular weight excluding hydrogens is 340 g/mol. The van der Waals surface area contributed by atoms with Crippen LogP contribution in [0.25, 0.3) is 0 Å². The van der Waals surface area contributed by atoms with E-state index in [2.05, 4.69) is 5.32 Å². The van der Waals surface area contributed by atoms with Gasteiger partial charge in [-0.05, 0) is 56.2 Å². The molecular formula is C22H26N2O3. The first-order chi connectivity index (χ1) is 12.9. The summed E-state index contributed by atoms with van der Waals surface area (Å²) in [6.07, 6.45) is 0.342. The van der Waals surface area contributed by atoms with Crippen LogP contribution in [0.15, 0.2) is 48.5 Å². The Bertz CT molecular complexity index is 815. The van der Waals surface area contributed by atoms with Crippen molar-refractivity contribution in [2.75, 3.05) is 11.4 Å². The van der Waals surface area contributed by atoms with Crippen LogP contribution >= 0.6 is 0 Å². The van der Waals surface area contributed by atoms with E-state index in [-0.39, 0.29) is 30.3 Å². The number of amides is 2. The second-order valence-corrected chi connectivity index (χ2v) is 7.21. The largest absolute Gasteiger partial charge is 0.491 e. The lowest BCUT2D eigenvalue weighted by atomic mass is 10.1. The van der Waals surface area contributed by atoms with Gasteiger partial charge in [-0.15, -0.1) is 0 Å². The fourth-order valence-corrected chi connectivity index (χ4v) is 3.24. The first-order valence-corrected chi connectivity index (χ1v) is 9.33. The number of nitrogens with zero attached hydrogens (tertiary/aromatic N) is 1. The summed E-state index contributed by atoms with van der Waals surface area (Å²) < 4.78 is 5.63. The third-order valence-electron chi connectivity index (χ3n) is 4.73. The fourth-order valence-electron chi connectivity index (χ4n) is 3.24. The lowest BCUT2D eigenvalue weighted by Crippen LogP contribution is -2.32. The molecule has 1 saturated heterocycles. The molecule has 1 aliphatic rings. The SMILES string of the molecule is Cc1ccccc1CNC(=O)[C@@H]1CC(=O)N(c2ccc(OC(C)C)cc2)C1. The molecule has 1 fully saturated rings. The number of hydrogen-bond acceptors (Lipinski definition) is 3. The average molecular weight is 366 g/mol. The van der Waals surface area contributed by atoms with E-state index in [0.29, 0.717) is 13.1 Å². The topological polar surface area (TPSA) is 58.6 Å². The fraction of sp³-hybridized carbons (Fsp3) is 0.364. The molecule has 0 unspecified atom stereocenters. The summed E-state index contributed by atoms with van der Waals surface area (Å²) in [6.45, 7) is 6.85. The zero-order valence-corrected chi connectivity index (χ0v) is 16.1. The number of anilines is 1. The van der Waals surface area contributed by atoms with Crippen molar-refractivity contribution in [3.63, 3.8) is 0 Å². The smallest absolute Gasteiger partial charge is 0.227 e. The summed E-state index contributed by atoms with van der Waals surface area (Å²) in [5, 5.41) is 2.97. The molecule has 2 aromatic carbocycles. The van der Waals surface area contributed by atoms with Crippen molar-refractivity contribution >= 4 is 17.5 Å². The number of ether oxygens (including phenoxy) is 1. The van der Waals surface area contributed by atoms with E-state index in [1.807, 2.05) is 69.3 Å². The Labute approximate surface area is 160 Å². The molecule has 3 rings (SSSR count). The predicted octanol–water partition coefficient (Wildman–Crippen LogP) is 3.45. The highest BCUT2D eigenvalue weighted by atomic mass is 16.5. The van der Waals surface area contributed by atoms with Crippen LogP contribution in [0.4, 0.5) is 5.69 Å². The summed E-state index contributed by atoms with van der Waals surface area (Å²) in [7, 11) is 0. The molecule has 0 saturated carbocycles. The molecule has 1 aliphatic heterocycles. The summed E-state index contributed by atoms with van der Waals surface area (Å²) in [5.41, 5.74) is 3.03. The summed E-state index contributed by atoms with van der Waals surface area (Å²) in [5.74, 6) is 0.346. The highest BCUT2D eigenvalue weighted by Gasteiger charge is 2.35. The Balaban J connectivity index is 1.59. The summed E-state index contributed by atoms with van der Waals surface area (Å²) in [6, 6.07) is 15.4. The van der Waals surface area contributed by atoms with Crippen molar-refractivity contribution < 1.29 is 14.3 Å². The van der Waals surface area contributed by atoms with Gasteiger partial charge < -0.3 is 15.0 Å². The first kappa shape index (κ1) is 19.0. The number of nitrogens with one attached hydrogen (secondary N) is 1. The van der Waals surface area contributed by atoms with Gasteiger partial charge in [0.2, 0.25) is 11.8 Å². The quantitative estimate of drug-likeness (QED) is 0.852. The normalized spacial score (nSPS) is 16.7. The van der Waals surface area contributed by atoms with E-state index >= 15 is 0 Å². The highest BCUT2D eigenvalue weighted by Crippen LogP contribution is 2.27. The van der Waals surface area contributed by atoms with Crippen molar-refractivity contribution in [3.8, 4) is 5.75 Å². The van der Waals surface area contributed by atoms with E-state index in [1.165, 1.54) is 0 Å². The summed E-state index contributed by atoms with van der Waals surface area (Å²) in [4.78, 5) is 26.6. The minimum absolute atomic E-state index is 0.0245. The molecule has 27 heavy (non-hydrogen) atoms. The van der Waals surface area contributed by atoms with Crippen molar-refractivity contribution in [1.82, 2.24) is 5.32 Å². The van der Waals surface area contributed by atoms with Crippen LogP contribution in [0.3, 0.4) is 0 Å². The van der Waals surface area contributed by atoms with Crippen LogP contribution in [-0.2, 0) is 16.1 Å². The molecule has 1 N–H and O–H groups in total. The van der Waals surface area contributed by atoms with Crippen LogP contribution in [0.2, 0.25) is 0 Å². The van der Waals surface area contributed by atoms with Gasteiger partial charge in [0.25, 0.3) is 0 Å². The lowest BCUT2D eigenvalue weighted by Gasteiger charge is -2.18. The Kier molecular flexibility index (Phi) is 5.79. The van der Waals surface area contributed by atoms with Crippen LogP contribution < -0.4 is 15.0 Å². The molecule has 0 aromatic heterocycles. The number of rotatable bonds is 6. The van der Waals surface area contributed by atoms with Crippen molar-refractivity contribution in [2.45, 2.75) is 39.8 Å². The zero-order chi connectivity index (χ0) is 19.4. The Hall–Kier alpha value is -2.82. The minimum atomic E-state index is -0.326. The van der Waals surface area contributed by atoms with Crippen LogP contribution in [0.5, 0.6) is 5.75 Å². The molecule has 0 aliphatic carbocycles. The third kappa shape index (κ3) is 4.67. The molecule has 1 heterocycles. The van der Waals surface area contributed by atoms with Gasteiger partial charge in [0, 0.05) is 25.2 Å². The van der Waals surface area contributed by atoms with Crippen LogP contribution in [0.1, 0.15) is 31.4 Å². The molecule has 0 spiro atoms. The van der Waals surface area contributed by atoms with E-state index in [1.54, 1.807) is 4.90 Å². The third-order valence-corrected chi connectivity index (χ3v) is 4.73. The van der Waals surface area contributed by atoms with E-state index in [4.69, 9.17) is 4.74 Å². The van der Waals surface area contributed by atoms with Crippen molar-refractivity contribution in [1.29, 1.82) is 0 Å². The molecule has 2 aromatic rings. The maximum Gasteiger partial charge on any atom is 0.227 e. The molecule has 5 nitrogen and oxygen atoms in total. The molecule has 2 amide bonds. The number of aryl methyl sites for hydroxylation is 1. The highest BCUT2D eigenvalue weighted by molar-refractivity contribution is 6.00. The second-order valence-electron chi connectivity index (χ2n) is 7.21. The van der Waals surface area contributed by atoms with Gasteiger partial charge in [0.05, 0.1) is 12.0 Å². The first-order valence-electron chi connectivity index (χ1n) is 9.33. The molecule has 5 heteroatoms. The van der Waals surface area contributed by atoms with E-state index < -0.39 is 0 Å². The predicted molar refractivity (Wildman–Crippen MR) is 106 cm³/mol. The van der Waals surface area contributed by atoms with Gasteiger partial charge in [0.1, 0.15) is 5.75 Å². The number of carbonyl (C=O) groups is 2. The van der Waals surface area contributed by atoms with Crippen molar-refractivity contribution in [3.05, 3.63) is 59.7 Å². The average Bonchev–Trinajstić information content (AvgIpc) is 3.03. The molecule has 1 atom stereocenters. The van der Waals surface area contributed by atoms with Gasteiger partial charge in [-0.25, -0.2) is 0 Å². The summed E-state index contributed by atoms with van der Waals surface area (Å²) >= 11 is 0. The molecule has 142 valence electrons. The van der Waals surface area contributed by atoms with Crippen molar-refractivity contribution in [2.24, 2.45) is 5.92 Å². The van der Waals surface area contributed by atoms with Gasteiger partial charge in [0.15, 0.2) is 0 Å². The Morgan fingerprint density at radius 3 is 2.56 bits per heavy atom. The number of carbonyl (C=O) groups excluding carboxylic acids is 2. The van der Waals surface area contributed by atoms with Gasteiger partial charge in [-0.2, -0.15) is 0 Å². The van der Waals surface area contributed by atoms with E-state index in [9.17, 15) is 9.59 Å². The molecule has 0 radical (unpaired) electrons. The van der Waals surface area contributed by atoms with Gasteiger partial charge >= 0.3 is 0 Å². The standard InChI is InChI=1S/C22H26N2O3/c1-15(2)27-20-10-8-19(9-11-20)24-14-18(12-21(24)25)22(26)23-13-17-7-5-4-6-16(17)3/h4-11,15,18H,12-14H2,1-3H3,(H,23,26)/t18-/m1/s1. The molecule has 0 bridgehead atoms. The van der Waals surface area contributed by atoms with Gasteiger partial charge in [-0.3, -0.25) is 9.59 Å². The van der Waals surface area contributed by atoms with E-state index in [0.717, 1.165) is 22.6 Å². The Morgan fingerprint density at radius 2 is 1.89 bits per heavy atom. The van der Waals surface area contributed by atoms with Crippen LogP contribution in [-0.4, -0.2) is 24.5 Å². The lowest BCUT2D eigenvalue weighted by molar-refractivity contribution is -0.126. The van der Waals surface area contributed by atoms with Gasteiger partial charge in [-0.1, -0.05) is 24.3 Å². The monoisotopic (exact) mass is 366 g/mol. The second kappa shape index (κ2) is 8.25. The zero-order valence-electron chi connectivity index (χ0n) is 16.1. The van der Waals surface area contributed by atoms with Crippen LogP contribution in [0, 0.1) is 12.8 Å². The maximum absolute atomic E-state index is 12.5. The minimum Gasteiger partial charge on any atom is -0.491 e. The number of benzene rings is 2. The maximum atomic E-state index is 12.5. The Morgan fingerprint density at radius 1 is 1.19 bits per heavy atom.